The molecule has 1 amide bonds. The number of nitrogens with one attached hydrogen (secondary N) is 1. The van der Waals surface area contributed by atoms with E-state index in [9.17, 15) is 4.79 Å². The molecular weight excluding hydrogens is 220 g/mol. The highest BCUT2D eigenvalue weighted by Crippen LogP contribution is 2.08. The summed E-state index contributed by atoms with van der Waals surface area (Å²) in [4.78, 5) is 13.9. The van der Waals surface area contributed by atoms with Crippen LogP contribution in [0.4, 0.5) is 0 Å². The summed E-state index contributed by atoms with van der Waals surface area (Å²) in [6, 6.07) is 0. The molecule has 0 radical (unpaired) electrons. The molecule has 1 fully saturated rings. The van der Waals surface area contributed by atoms with Gasteiger partial charge in [0.15, 0.2) is 0 Å². The first-order chi connectivity index (χ1) is 7.84. The fourth-order valence-electron chi connectivity index (χ4n) is 1.80. The molecule has 0 bridgehead atoms. The van der Waals surface area contributed by atoms with Crippen molar-refractivity contribution in [1.29, 1.82) is 0 Å². The first-order valence-electron chi connectivity index (χ1n) is 6.41. The van der Waals surface area contributed by atoms with E-state index in [1.807, 2.05) is 4.90 Å². The second-order valence-electron chi connectivity index (χ2n) is 4.24. The number of hydrogen-bond acceptors (Lipinski definition) is 3. The highest BCUT2D eigenvalue weighted by molar-refractivity contribution is 7.99. The SMILES string of the molecule is CCCCCSCC(=O)N1CCCNCC1. The van der Waals surface area contributed by atoms with Gasteiger partial charge in [-0.05, 0) is 25.1 Å². The van der Waals surface area contributed by atoms with E-state index in [1.165, 1.54) is 19.3 Å². The highest BCUT2D eigenvalue weighted by Gasteiger charge is 2.14. The Morgan fingerprint density at radius 1 is 1.31 bits per heavy atom. The van der Waals surface area contributed by atoms with E-state index in [-0.39, 0.29) is 0 Å². The lowest BCUT2D eigenvalue weighted by atomic mass is 10.3. The molecule has 94 valence electrons. The predicted octanol–water partition coefficient (Wildman–Crippen LogP) is 1.73. The van der Waals surface area contributed by atoms with Crippen LogP contribution in [-0.2, 0) is 4.79 Å². The average molecular weight is 244 g/mol. The molecular formula is C12H24N2OS. The third kappa shape index (κ3) is 5.75. The van der Waals surface area contributed by atoms with Gasteiger partial charge in [-0.15, -0.1) is 0 Å². The molecule has 1 aliphatic rings. The summed E-state index contributed by atoms with van der Waals surface area (Å²) in [5.74, 6) is 2.13. The summed E-state index contributed by atoms with van der Waals surface area (Å²) in [5, 5.41) is 3.32. The Labute approximate surface area is 103 Å². The molecule has 1 saturated heterocycles. The van der Waals surface area contributed by atoms with Crippen LogP contribution in [0.25, 0.3) is 0 Å². The molecule has 3 nitrogen and oxygen atoms in total. The molecule has 0 aromatic carbocycles. The number of unbranched alkanes of at least 4 members (excludes halogenated alkanes) is 2. The van der Waals surface area contributed by atoms with E-state index >= 15 is 0 Å². The molecule has 0 atom stereocenters. The van der Waals surface area contributed by atoms with Gasteiger partial charge in [-0.1, -0.05) is 19.8 Å². The standard InChI is InChI=1S/C12H24N2OS/c1-2-3-4-10-16-11-12(15)14-8-5-6-13-7-9-14/h13H,2-11H2,1H3. The Hall–Kier alpha value is -0.220. The van der Waals surface area contributed by atoms with Crippen LogP contribution < -0.4 is 5.32 Å². The molecule has 1 heterocycles. The molecule has 4 heteroatoms. The minimum Gasteiger partial charge on any atom is -0.341 e. The van der Waals surface area contributed by atoms with E-state index in [0.29, 0.717) is 11.7 Å². The van der Waals surface area contributed by atoms with Crippen molar-refractivity contribution in [2.24, 2.45) is 0 Å². The van der Waals surface area contributed by atoms with Gasteiger partial charge in [0.05, 0.1) is 5.75 Å². The number of carbonyl (C=O) groups is 1. The summed E-state index contributed by atoms with van der Waals surface area (Å²) in [6.45, 7) is 6.02. The summed E-state index contributed by atoms with van der Waals surface area (Å²) in [6.07, 6.45) is 4.88. The van der Waals surface area contributed by atoms with Crippen molar-refractivity contribution < 1.29 is 4.79 Å². The number of rotatable bonds is 6. The topological polar surface area (TPSA) is 32.3 Å². The Balaban J connectivity index is 2.08. The fraction of sp³-hybridized carbons (Fsp3) is 0.917. The van der Waals surface area contributed by atoms with Gasteiger partial charge in [0.1, 0.15) is 0 Å². The maximum absolute atomic E-state index is 11.9. The number of nitrogens with zero attached hydrogens (tertiary/aromatic N) is 1. The molecule has 0 saturated carbocycles. The quantitative estimate of drug-likeness (QED) is 0.722. The third-order valence-corrected chi connectivity index (χ3v) is 3.84. The maximum Gasteiger partial charge on any atom is 0.232 e. The molecule has 0 aliphatic carbocycles. The van der Waals surface area contributed by atoms with Gasteiger partial charge < -0.3 is 10.2 Å². The van der Waals surface area contributed by atoms with Gasteiger partial charge >= 0.3 is 0 Å². The zero-order valence-electron chi connectivity index (χ0n) is 10.3. The molecule has 1 aliphatic heterocycles. The molecule has 1 rings (SSSR count). The Kier molecular flexibility index (Phi) is 7.68. The van der Waals surface area contributed by atoms with Gasteiger partial charge in [-0.2, -0.15) is 11.8 Å². The number of hydrogen-bond donors (Lipinski definition) is 1. The van der Waals surface area contributed by atoms with Crippen LogP contribution in [0, 0.1) is 0 Å². The lowest BCUT2D eigenvalue weighted by Crippen LogP contribution is -2.35. The number of carbonyl (C=O) groups excluding carboxylic acids is 1. The lowest BCUT2D eigenvalue weighted by molar-refractivity contribution is -0.128. The van der Waals surface area contributed by atoms with Crippen molar-refractivity contribution in [3.63, 3.8) is 0 Å². The van der Waals surface area contributed by atoms with E-state index in [0.717, 1.165) is 38.4 Å². The smallest absolute Gasteiger partial charge is 0.232 e. The summed E-state index contributed by atoms with van der Waals surface area (Å²) >= 11 is 1.79. The van der Waals surface area contributed by atoms with Crippen LogP contribution in [0.2, 0.25) is 0 Å². The van der Waals surface area contributed by atoms with Gasteiger partial charge in [0, 0.05) is 19.6 Å². The van der Waals surface area contributed by atoms with Crippen LogP contribution in [0.1, 0.15) is 32.6 Å². The van der Waals surface area contributed by atoms with E-state index in [1.54, 1.807) is 11.8 Å². The average Bonchev–Trinajstić information content (AvgIpc) is 2.57. The summed E-state index contributed by atoms with van der Waals surface area (Å²) < 4.78 is 0. The lowest BCUT2D eigenvalue weighted by Gasteiger charge is -2.19. The first-order valence-corrected chi connectivity index (χ1v) is 7.56. The van der Waals surface area contributed by atoms with Gasteiger partial charge in [0.25, 0.3) is 0 Å². The molecule has 1 N–H and O–H groups in total. The largest absolute Gasteiger partial charge is 0.341 e. The van der Waals surface area contributed by atoms with Crippen molar-refractivity contribution >= 4 is 17.7 Å². The van der Waals surface area contributed by atoms with Crippen molar-refractivity contribution in [3.8, 4) is 0 Å². The van der Waals surface area contributed by atoms with Crippen LogP contribution in [0.3, 0.4) is 0 Å². The second-order valence-corrected chi connectivity index (χ2v) is 5.35. The molecule has 0 spiro atoms. The predicted molar refractivity (Wildman–Crippen MR) is 70.9 cm³/mol. The minimum atomic E-state index is 0.324. The highest BCUT2D eigenvalue weighted by atomic mass is 32.2. The minimum absolute atomic E-state index is 0.324. The van der Waals surface area contributed by atoms with Gasteiger partial charge in [-0.25, -0.2) is 0 Å². The van der Waals surface area contributed by atoms with Gasteiger partial charge in [-0.3, -0.25) is 4.79 Å². The fourth-order valence-corrected chi connectivity index (χ4v) is 2.71. The van der Waals surface area contributed by atoms with E-state index in [2.05, 4.69) is 12.2 Å². The molecule has 0 unspecified atom stereocenters. The third-order valence-electron chi connectivity index (χ3n) is 2.81. The van der Waals surface area contributed by atoms with Crippen molar-refractivity contribution in [2.45, 2.75) is 32.6 Å². The van der Waals surface area contributed by atoms with E-state index in [4.69, 9.17) is 0 Å². The summed E-state index contributed by atoms with van der Waals surface area (Å²) in [7, 11) is 0. The van der Waals surface area contributed by atoms with Crippen molar-refractivity contribution in [1.82, 2.24) is 10.2 Å². The van der Waals surface area contributed by atoms with Crippen LogP contribution in [0.15, 0.2) is 0 Å². The monoisotopic (exact) mass is 244 g/mol. The Bertz CT molecular complexity index is 191. The second kappa shape index (κ2) is 8.88. The molecule has 0 aromatic heterocycles. The molecule has 16 heavy (non-hydrogen) atoms. The van der Waals surface area contributed by atoms with Crippen molar-refractivity contribution in [2.75, 3.05) is 37.7 Å². The normalized spacial score (nSPS) is 17.2. The first kappa shape index (κ1) is 13.8. The Morgan fingerprint density at radius 3 is 3.00 bits per heavy atom. The number of amides is 1. The van der Waals surface area contributed by atoms with Crippen LogP contribution in [0.5, 0.6) is 0 Å². The van der Waals surface area contributed by atoms with E-state index < -0.39 is 0 Å². The maximum atomic E-state index is 11.9. The van der Waals surface area contributed by atoms with Gasteiger partial charge in [0.2, 0.25) is 5.91 Å². The zero-order chi connectivity index (χ0) is 11.6. The zero-order valence-corrected chi connectivity index (χ0v) is 11.2. The van der Waals surface area contributed by atoms with Crippen molar-refractivity contribution in [3.05, 3.63) is 0 Å². The van der Waals surface area contributed by atoms with Crippen LogP contribution >= 0.6 is 11.8 Å². The summed E-state index contributed by atoms with van der Waals surface area (Å²) in [5.41, 5.74) is 0. The molecule has 0 aromatic rings. The Morgan fingerprint density at radius 2 is 2.19 bits per heavy atom. The number of thioether (sulfide) groups is 1. The van der Waals surface area contributed by atoms with Crippen LogP contribution in [-0.4, -0.2) is 48.5 Å².